The molecule has 0 aromatic heterocycles. The second kappa shape index (κ2) is 6.11. The van der Waals surface area contributed by atoms with Gasteiger partial charge in [0.25, 0.3) is 5.69 Å². The Balaban J connectivity index is 2.34. The van der Waals surface area contributed by atoms with E-state index in [1.807, 2.05) is 0 Å². The minimum atomic E-state index is -1.12. The lowest BCUT2D eigenvalue weighted by Crippen LogP contribution is -2.35. The van der Waals surface area contributed by atoms with Gasteiger partial charge in [-0.05, 0) is 12.0 Å². The predicted octanol–water partition coefficient (Wildman–Crippen LogP) is 1.68. The molecule has 0 spiro atoms. The van der Waals surface area contributed by atoms with E-state index in [-0.39, 0.29) is 12.5 Å². The number of amides is 4. The lowest BCUT2D eigenvalue weighted by molar-refractivity contribution is -0.385. The summed E-state index contributed by atoms with van der Waals surface area (Å²) >= 11 is 0. The Kier molecular flexibility index (Phi) is 4.39. The van der Waals surface area contributed by atoms with Crippen molar-refractivity contribution in [3.63, 3.8) is 0 Å². The van der Waals surface area contributed by atoms with Gasteiger partial charge in [0.2, 0.25) is 0 Å². The molecule has 1 fully saturated rings. The zero-order chi connectivity index (χ0) is 17.3. The Bertz CT molecular complexity index is 704. The predicted molar refractivity (Wildman–Crippen MR) is 75.6 cm³/mol. The van der Waals surface area contributed by atoms with Crippen LogP contribution in [-0.2, 0) is 16.1 Å². The summed E-state index contributed by atoms with van der Waals surface area (Å²) in [5.74, 6) is -3.11. The van der Waals surface area contributed by atoms with Crippen LogP contribution in [0.15, 0.2) is 18.2 Å². The second-order valence-electron chi connectivity index (χ2n) is 5.48. The van der Waals surface area contributed by atoms with E-state index in [0.29, 0.717) is 4.90 Å². The van der Waals surface area contributed by atoms with Crippen LogP contribution in [0.3, 0.4) is 0 Å². The van der Waals surface area contributed by atoms with Crippen molar-refractivity contribution in [2.75, 3.05) is 6.54 Å². The molecule has 2 rings (SSSR count). The molecule has 23 heavy (non-hydrogen) atoms. The number of hydrogen-bond donors (Lipinski definition) is 0. The van der Waals surface area contributed by atoms with Gasteiger partial charge in [0.15, 0.2) is 0 Å². The van der Waals surface area contributed by atoms with Crippen molar-refractivity contribution in [1.29, 1.82) is 0 Å². The van der Waals surface area contributed by atoms with Gasteiger partial charge in [-0.3, -0.25) is 29.5 Å². The highest BCUT2D eigenvalue weighted by molar-refractivity contribution is 6.44. The topological polar surface area (TPSA) is 101 Å². The average Bonchev–Trinajstić information content (AvgIpc) is 2.66. The molecule has 9 heteroatoms. The van der Waals surface area contributed by atoms with Crippen LogP contribution < -0.4 is 0 Å². The molecule has 1 saturated heterocycles. The molecule has 1 aliphatic heterocycles. The Hall–Kier alpha value is -2.84. The molecular weight excluding hydrogens is 309 g/mol. The third-order valence-electron chi connectivity index (χ3n) is 3.29. The normalized spacial score (nSPS) is 15.0. The summed E-state index contributed by atoms with van der Waals surface area (Å²) in [7, 11) is 0. The second-order valence-corrected chi connectivity index (χ2v) is 5.48. The first kappa shape index (κ1) is 16.5. The smallest absolute Gasteiger partial charge is 0.263 e. The number of hydrogen-bond acceptors (Lipinski definition) is 5. The molecule has 0 unspecified atom stereocenters. The van der Waals surface area contributed by atoms with Crippen LogP contribution in [0.5, 0.6) is 0 Å². The molecule has 8 nitrogen and oxygen atoms in total. The summed E-state index contributed by atoms with van der Waals surface area (Å²) in [5, 5.41) is 11.0. The lowest BCUT2D eigenvalue weighted by Gasteiger charge is -2.17. The molecular formula is C14H14FN3O5. The maximum Gasteiger partial charge on any atom is 0.334 e. The van der Waals surface area contributed by atoms with Crippen molar-refractivity contribution < 1.29 is 23.7 Å². The Morgan fingerprint density at radius 1 is 1.17 bits per heavy atom. The molecule has 0 N–H and O–H groups in total. The van der Waals surface area contributed by atoms with E-state index in [0.717, 1.165) is 23.1 Å². The fourth-order valence-electron chi connectivity index (χ4n) is 2.25. The van der Waals surface area contributed by atoms with Gasteiger partial charge in [-0.25, -0.2) is 9.18 Å². The minimum Gasteiger partial charge on any atom is -0.263 e. The Labute approximate surface area is 130 Å². The van der Waals surface area contributed by atoms with Crippen LogP contribution in [0, 0.1) is 21.8 Å². The van der Waals surface area contributed by atoms with Gasteiger partial charge in [-0.15, -0.1) is 0 Å². The molecule has 1 aliphatic rings. The summed E-state index contributed by atoms with van der Waals surface area (Å²) in [6.07, 6.45) is 0. The number of imide groups is 2. The van der Waals surface area contributed by atoms with Crippen molar-refractivity contribution in [3.8, 4) is 0 Å². The molecule has 122 valence electrons. The van der Waals surface area contributed by atoms with E-state index in [9.17, 15) is 28.9 Å². The summed E-state index contributed by atoms with van der Waals surface area (Å²) in [5.41, 5.74) is -0.973. The number of halogens is 1. The standard InChI is InChI=1S/C14H14FN3O5/c1-8(2)6-16-12(19)13(20)17(14(16)21)7-9-10(15)4-3-5-11(9)18(22)23/h3-5,8H,6-7H2,1-2H3. The molecule has 0 aliphatic carbocycles. The zero-order valence-corrected chi connectivity index (χ0v) is 12.5. The highest BCUT2D eigenvalue weighted by atomic mass is 19.1. The SMILES string of the molecule is CC(C)CN1C(=O)C(=O)N(Cc2c(F)cccc2[N+](=O)[O-])C1=O. The molecule has 0 atom stereocenters. The van der Waals surface area contributed by atoms with E-state index < -0.39 is 46.4 Å². The number of nitro groups is 1. The fourth-order valence-corrected chi connectivity index (χ4v) is 2.25. The monoisotopic (exact) mass is 323 g/mol. The highest BCUT2D eigenvalue weighted by Crippen LogP contribution is 2.25. The molecule has 1 aromatic rings. The van der Waals surface area contributed by atoms with E-state index in [1.54, 1.807) is 13.8 Å². The van der Waals surface area contributed by atoms with Crippen LogP contribution in [-0.4, -0.2) is 39.1 Å². The maximum atomic E-state index is 13.9. The largest absolute Gasteiger partial charge is 0.334 e. The Morgan fingerprint density at radius 2 is 1.78 bits per heavy atom. The number of benzene rings is 1. The van der Waals surface area contributed by atoms with E-state index in [4.69, 9.17) is 0 Å². The molecule has 0 bridgehead atoms. The van der Waals surface area contributed by atoms with Crippen molar-refractivity contribution in [1.82, 2.24) is 9.80 Å². The molecule has 0 saturated carbocycles. The number of carbonyl (C=O) groups is 3. The van der Waals surface area contributed by atoms with Gasteiger partial charge in [-0.2, -0.15) is 0 Å². The van der Waals surface area contributed by atoms with Crippen LogP contribution in [0.1, 0.15) is 19.4 Å². The number of nitro benzene ring substituents is 1. The molecule has 1 heterocycles. The third kappa shape index (κ3) is 3.03. The fraction of sp³-hybridized carbons (Fsp3) is 0.357. The van der Waals surface area contributed by atoms with Crippen molar-refractivity contribution in [2.24, 2.45) is 5.92 Å². The number of nitrogens with zero attached hydrogens (tertiary/aromatic N) is 3. The van der Waals surface area contributed by atoms with Gasteiger partial charge in [0.05, 0.1) is 17.0 Å². The highest BCUT2D eigenvalue weighted by Gasteiger charge is 2.45. The van der Waals surface area contributed by atoms with Crippen molar-refractivity contribution >= 4 is 23.5 Å². The van der Waals surface area contributed by atoms with Crippen LogP contribution in [0.4, 0.5) is 14.9 Å². The summed E-state index contributed by atoms with van der Waals surface area (Å²) in [6, 6.07) is 2.31. The molecule has 1 aromatic carbocycles. The van der Waals surface area contributed by atoms with Gasteiger partial charge in [0.1, 0.15) is 5.82 Å². The van der Waals surface area contributed by atoms with E-state index >= 15 is 0 Å². The van der Waals surface area contributed by atoms with Crippen LogP contribution in [0.2, 0.25) is 0 Å². The summed E-state index contributed by atoms with van der Waals surface area (Å²) in [4.78, 5) is 47.4. The minimum absolute atomic E-state index is 0.0409. The first-order valence-electron chi connectivity index (χ1n) is 6.83. The first-order chi connectivity index (χ1) is 10.7. The van der Waals surface area contributed by atoms with Gasteiger partial charge in [0, 0.05) is 12.6 Å². The van der Waals surface area contributed by atoms with E-state index in [2.05, 4.69) is 0 Å². The van der Waals surface area contributed by atoms with Crippen molar-refractivity contribution in [2.45, 2.75) is 20.4 Å². The van der Waals surface area contributed by atoms with Gasteiger partial charge >= 0.3 is 17.8 Å². The maximum absolute atomic E-state index is 13.9. The first-order valence-corrected chi connectivity index (χ1v) is 6.83. The molecule has 0 radical (unpaired) electrons. The van der Waals surface area contributed by atoms with Crippen LogP contribution in [0.25, 0.3) is 0 Å². The van der Waals surface area contributed by atoms with Crippen molar-refractivity contribution in [3.05, 3.63) is 39.7 Å². The van der Waals surface area contributed by atoms with E-state index in [1.165, 1.54) is 0 Å². The quantitative estimate of drug-likeness (QED) is 0.355. The van der Waals surface area contributed by atoms with Gasteiger partial charge in [-0.1, -0.05) is 19.9 Å². The van der Waals surface area contributed by atoms with Crippen LogP contribution >= 0.6 is 0 Å². The zero-order valence-electron chi connectivity index (χ0n) is 12.5. The Morgan fingerprint density at radius 3 is 2.35 bits per heavy atom. The lowest BCUT2D eigenvalue weighted by atomic mass is 10.1. The summed E-state index contributed by atoms with van der Waals surface area (Å²) in [6.45, 7) is 2.89. The number of urea groups is 1. The number of rotatable bonds is 5. The average molecular weight is 323 g/mol. The van der Waals surface area contributed by atoms with Gasteiger partial charge < -0.3 is 0 Å². The third-order valence-corrected chi connectivity index (χ3v) is 3.29. The molecule has 4 amide bonds. The number of carbonyl (C=O) groups excluding carboxylic acids is 3. The summed E-state index contributed by atoms with van der Waals surface area (Å²) < 4.78 is 13.9.